The summed E-state index contributed by atoms with van der Waals surface area (Å²) in [6.45, 7) is 7.79. The number of rotatable bonds is 5. The van der Waals surface area contributed by atoms with Crippen molar-refractivity contribution in [1.29, 1.82) is 0 Å². The first-order chi connectivity index (χ1) is 15.5. The van der Waals surface area contributed by atoms with E-state index in [9.17, 15) is 14.0 Å². The summed E-state index contributed by atoms with van der Waals surface area (Å²) >= 11 is 0. The quantitative estimate of drug-likeness (QED) is 0.602. The molecular formula is C26H39FN2O4. The van der Waals surface area contributed by atoms with Crippen molar-refractivity contribution in [2.45, 2.75) is 76.9 Å². The lowest BCUT2D eigenvalue weighted by atomic mass is 9.82. The maximum Gasteiger partial charge on any atom is 0.410 e. The number of carbonyl (C=O) groups is 2. The molecule has 2 fully saturated rings. The number of ether oxygens (including phenoxy) is 2. The lowest BCUT2D eigenvalue weighted by Crippen LogP contribution is -2.42. The number of halogens is 1. The Labute approximate surface area is 197 Å². The highest BCUT2D eigenvalue weighted by Crippen LogP contribution is 2.36. The molecule has 1 heterocycles. The molecule has 0 spiro atoms. The summed E-state index contributed by atoms with van der Waals surface area (Å²) in [6, 6.07) is 4.87. The largest absolute Gasteiger partial charge is 0.444 e. The van der Waals surface area contributed by atoms with Gasteiger partial charge in [0.05, 0.1) is 6.10 Å². The van der Waals surface area contributed by atoms with Crippen molar-refractivity contribution in [2.75, 3.05) is 33.8 Å². The zero-order valence-electron chi connectivity index (χ0n) is 20.7. The van der Waals surface area contributed by atoms with Crippen molar-refractivity contribution >= 4 is 12.0 Å². The minimum absolute atomic E-state index is 0.172. The molecule has 1 aliphatic carbocycles. The predicted molar refractivity (Wildman–Crippen MR) is 126 cm³/mol. The third-order valence-electron chi connectivity index (χ3n) is 6.60. The van der Waals surface area contributed by atoms with Crippen molar-refractivity contribution < 1.29 is 23.5 Å². The Bertz CT molecular complexity index is 820. The molecule has 1 saturated carbocycles. The maximum absolute atomic E-state index is 14.7. The Morgan fingerprint density at radius 2 is 1.70 bits per heavy atom. The molecule has 0 unspecified atom stereocenters. The molecular weight excluding hydrogens is 423 g/mol. The van der Waals surface area contributed by atoms with Gasteiger partial charge in [-0.25, -0.2) is 9.18 Å². The van der Waals surface area contributed by atoms with Gasteiger partial charge in [-0.1, -0.05) is 6.07 Å². The molecule has 0 N–H and O–H groups in total. The Morgan fingerprint density at radius 3 is 2.24 bits per heavy atom. The third kappa shape index (κ3) is 7.16. The number of amides is 2. The molecule has 2 aliphatic rings. The molecule has 3 rings (SSSR count). The molecule has 1 aromatic rings. The minimum atomic E-state index is -0.468. The average Bonchev–Trinajstić information content (AvgIpc) is 2.76. The molecule has 1 aromatic carbocycles. The van der Waals surface area contributed by atoms with E-state index in [1.807, 2.05) is 20.8 Å². The molecule has 6 nitrogen and oxygen atoms in total. The Morgan fingerprint density at radius 1 is 1.06 bits per heavy atom. The topological polar surface area (TPSA) is 59.1 Å². The average molecular weight is 463 g/mol. The first-order valence-corrected chi connectivity index (χ1v) is 12.1. The number of benzene rings is 1. The van der Waals surface area contributed by atoms with Crippen LogP contribution in [0.3, 0.4) is 0 Å². The van der Waals surface area contributed by atoms with E-state index < -0.39 is 5.60 Å². The van der Waals surface area contributed by atoms with Crippen LogP contribution in [0.15, 0.2) is 18.2 Å². The lowest BCUT2D eigenvalue weighted by molar-refractivity contribution is -0.0144. The number of likely N-dealkylation sites (tertiary alicyclic amines) is 1. The van der Waals surface area contributed by atoms with Gasteiger partial charge in [0.1, 0.15) is 11.4 Å². The van der Waals surface area contributed by atoms with Gasteiger partial charge in [-0.3, -0.25) is 4.79 Å². The van der Waals surface area contributed by atoms with Crippen LogP contribution in [0.4, 0.5) is 9.18 Å². The van der Waals surface area contributed by atoms with Crippen molar-refractivity contribution in [3.05, 3.63) is 35.1 Å². The van der Waals surface area contributed by atoms with E-state index in [1.165, 1.54) is 11.0 Å². The normalized spacial score (nSPS) is 22.2. The molecule has 2 amide bonds. The zero-order chi connectivity index (χ0) is 24.2. The van der Waals surface area contributed by atoms with Crippen LogP contribution < -0.4 is 0 Å². The molecule has 0 aromatic heterocycles. The van der Waals surface area contributed by atoms with Gasteiger partial charge in [-0.15, -0.1) is 0 Å². The molecule has 33 heavy (non-hydrogen) atoms. The van der Waals surface area contributed by atoms with Crippen LogP contribution in [0, 0.1) is 11.7 Å². The van der Waals surface area contributed by atoms with E-state index in [0.717, 1.165) is 38.5 Å². The summed E-state index contributed by atoms with van der Waals surface area (Å²) < 4.78 is 26.4. The van der Waals surface area contributed by atoms with Crippen molar-refractivity contribution in [1.82, 2.24) is 9.80 Å². The van der Waals surface area contributed by atoms with Gasteiger partial charge in [-0.2, -0.15) is 0 Å². The molecule has 0 atom stereocenters. The van der Waals surface area contributed by atoms with E-state index >= 15 is 0 Å². The summed E-state index contributed by atoms with van der Waals surface area (Å²) in [5, 5.41) is 0. The van der Waals surface area contributed by atoms with E-state index in [0.29, 0.717) is 36.7 Å². The first-order valence-electron chi connectivity index (χ1n) is 12.1. The van der Waals surface area contributed by atoms with Gasteiger partial charge < -0.3 is 19.3 Å². The summed E-state index contributed by atoms with van der Waals surface area (Å²) in [7, 11) is 3.33. The van der Waals surface area contributed by atoms with Gasteiger partial charge in [0.2, 0.25) is 0 Å². The SMILES string of the molecule is CN(C)C(=O)c1ccc(C2CCC(OCC3CCN(C(=O)OC(C)(C)C)CC3)CC2)c(F)c1. The molecule has 1 saturated heterocycles. The predicted octanol–water partition coefficient (Wildman–Crippen LogP) is 5.22. The molecule has 1 aliphatic heterocycles. The zero-order valence-corrected chi connectivity index (χ0v) is 20.7. The summed E-state index contributed by atoms with van der Waals surface area (Å²) in [5.74, 6) is 0.157. The second-order valence-corrected chi connectivity index (χ2v) is 10.7. The molecule has 7 heteroatoms. The number of hydrogen-bond acceptors (Lipinski definition) is 4. The maximum atomic E-state index is 14.7. The number of carbonyl (C=O) groups excluding carboxylic acids is 2. The van der Waals surface area contributed by atoms with E-state index in [2.05, 4.69) is 0 Å². The van der Waals surface area contributed by atoms with Crippen molar-refractivity contribution in [3.8, 4) is 0 Å². The van der Waals surface area contributed by atoms with Gasteiger partial charge in [0, 0.05) is 39.4 Å². The number of piperidine rings is 1. The van der Waals surface area contributed by atoms with Crippen LogP contribution >= 0.6 is 0 Å². The van der Waals surface area contributed by atoms with Crippen LogP contribution in [0.2, 0.25) is 0 Å². The molecule has 184 valence electrons. The van der Waals surface area contributed by atoms with Crippen molar-refractivity contribution in [3.63, 3.8) is 0 Å². The smallest absolute Gasteiger partial charge is 0.410 e. The minimum Gasteiger partial charge on any atom is -0.444 e. The van der Waals surface area contributed by atoms with Gasteiger partial charge >= 0.3 is 6.09 Å². The van der Waals surface area contributed by atoms with E-state index in [1.54, 1.807) is 31.1 Å². The highest BCUT2D eigenvalue weighted by atomic mass is 19.1. The van der Waals surface area contributed by atoms with Gasteiger partial charge in [0.25, 0.3) is 5.91 Å². The second-order valence-electron chi connectivity index (χ2n) is 10.7. The number of hydrogen-bond donors (Lipinski definition) is 0. The first kappa shape index (κ1) is 25.5. The van der Waals surface area contributed by atoms with Crippen LogP contribution in [-0.4, -0.2) is 67.3 Å². The summed E-state index contributed by atoms with van der Waals surface area (Å²) in [5.41, 5.74) is 0.624. The highest BCUT2D eigenvalue weighted by Gasteiger charge is 2.29. The Hall–Kier alpha value is -2.15. The Balaban J connectivity index is 1.40. The van der Waals surface area contributed by atoms with E-state index in [4.69, 9.17) is 9.47 Å². The van der Waals surface area contributed by atoms with Crippen molar-refractivity contribution in [2.24, 2.45) is 5.92 Å². The second kappa shape index (κ2) is 10.9. The van der Waals surface area contributed by atoms with Crippen LogP contribution in [0.5, 0.6) is 0 Å². The Kier molecular flexibility index (Phi) is 8.38. The standard InChI is InChI=1S/C26H39FN2O4/c1-26(2,3)33-25(31)29-14-12-18(13-15-29)17-32-21-9-6-19(7-10-21)22-11-8-20(16-23(22)27)24(30)28(4)5/h8,11,16,18-19,21H,6-7,9-10,12-15,17H2,1-5H3. The fourth-order valence-corrected chi connectivity index (χ4v) is 4.67. The van der Waals surface area contributed by atoms with Crippen LogP contribution in [0.25, 0.3) is 0 Å². The fourth-order valence-electron chi connectivity index (χ4n) is 4.67. The summed E-state index contributed by atoms with van der Waals surface area (Å²) in [6.07, 6.45) is 5.45. The van der Waals surface area contributed by atoms with Crippen LogP contribution in [-0.2, 0) is 9.47 Å². The molecule has 0 bridgehead atoms. The van der Waals surface area contributed by atoms with E-state index in [-0.39, 0.29) is 29.8 Å². The monoisotopic (exact) mass is 462 g/mol. The molecule has 0 radical (unpaired) electrons. The van der Waals surface area contributed by atoms with Gasteiger partial charge in [0.15, 0.2) is 0 Å². The summed E-state index contributed by atoms with van der Waals surface area (Å²) in [4.78, 5) is 27.5. The van der Waals surface area contributed by atoms with Gasteiger partial charge in [-0.05, 0) is 88.8 Å². The highest BCUT2D eigenvalue weighted by molar-refractivity contribution is 5.93. The third-order valence-corrected chi connectivity index (χ3v) is 6.60. The number of nitrogens with zero attached hydrogens (tertiary/aromatic N) is 2. The fraction of sp³-hybridized carbons (Fsp3) is 0.692. The lowest BCUT2D eigenvalue weighted by Gasteiger charge is -2.34. The van der Waals surface area contributed by atoms with Crippen LogP contribution in [0.1, 0.15) is 81.1 Å².